The Bertz CT molecular complexity index is 929. The van der Waals surface area contributed by atoms with Crippen molar-refractivity contribution in [2.75, 3.05) is 7.05 Å². The molecule has 1 amide bonds. The average molecular weight is 337 g/mol. The molecule has 1 aromatic carbocycles. The van der Waals surface area contributed by atoms with E-state index in [-0.39, 0.29) is 23.1 Å². The number of hydrogen-bond acceptors (Lipinski definition) is 4. The van der Waals surface area contributed by atoms with Gasteiger partial charge in [-0.1, -0.05) is 12.1 Å². The summed E-state index contributed by atoms with van der Waals surface area (Å²) in [5.74, 6) is -0.311. The second-order valence-corrected chi connectivity index (χ2v) is 5.91. The molecule has 0 saturated carbocycles. The monoisotopic (exact) mass is 337 g/mol. The van der Waals surface area contributed by atoms with Gasteiger partial charge in [-0.3, -0.25) is 9.59 Å². The standard InChI is InChI=1S/C18H19N5O2/c1-12-4-9-16(17(24)21-12)18(25)22(3)13(2)14-5-7-15(8-6-14)23-11-19-10-20-23/h4-11,13H,1-3H3,(H,21,24)/t13-/m1/s1. The zero-order valence-electron chi connectivity index (χ0n) is 14.3. The molecule has 0 radical (unpaired) electrons. The van der Waals surface area contributed by atoms with Crippen molar-refractivity contribution in [3.8, 4) is 5.69 Å². The van der Waals surface area contributed by atoms with Crippen molar-refractivity contribution >= 4 is 5.91 Å². The van der Waals surface area contributed by atoms with E-state index in [2.05, 4.69) is 15.1 Å². The average Bonchev–Trinajstić information content (AvgIpc) is 3.15. The van der Waals surface area contributed by atoms with Crippen molar-refractivity contribution in [1.29, 1.82) is 0 Å². The number of amides is 1. The first-order valence-electron chi connectivity index (χ1n) is 7.89. The van der Waals surface area contributed by atoms with E-state index in [0.29, 0.717) is 0 Å². The van der Waals surface area contributed by atoms with E-state index in [1.165, 1.54) is 6.33 Å². The van der Waals surface area contributed by atoms with Crippen LogP contribution in [0.4, 0.5) is 0 Å². The number of carbonyl (C=O) groups is 1. The molecule has 0 saturated heterocycles. The van der Waals surface area contributed by atoms with E-state index in [1.807, 2.05) is 31.2 Å². The van der Waals surface area contributed by atoms with Gasteiger partial charge in [0.15, 0.2) is 0 Å². The lowest BCUT2D eigenvalue weighted by Crippen LogP contribution is -2.33. The third-order valence-corrected chi connectivity index (χ3v) is 4.25. The molecule has 2 heterocycles. The minimum Gasteiger partial charge on any atom is -0.335 e. The summed E-state index contributed by atoms with van der Waals surface area (Å²) in [5.41, 5.74) is 2.34. The first-order valence-corrected chi connectivity index (χ1v) is 7.89. The van der Waals surface area contributed by atoms with E-state index >= 15 is 0 Å². The number of nitrogens with one attached hydrogen (secondary N) is 1. The Balaban J connectivity index is 1.81. The topological polar surface area (TPSA) is 83.9 Å². The first-order chi connectivity index (χ1) is 12.0. The Kier molecular flexibility index (Phi) is 4.47. The summed E-state index contributed by atoms with van der Waals surface area (Å²) >= 11 is 0. The third-order valence-electron chi connectivity index (χ3n) is 4.25. The molecule has 0 aliphatic rings. The van der Waals surface area contributed by atoms with Gasteiger partial charge in [0.05, 0.1) is 11.7 Å². The number of hydrogen-bond donors (Lipinski definition) is 1. The molecule has 0 bridgehead atoms. The van der Waals surface area contributed by atoms with Crippen molar-refractivity contribution < 1.29 is 4.79 Å². The van der Waals surface area contributed by atoms with Gasteiger partial charge >= 0.3 is 0 Å². The Hall–Kier alpha value is -3.22. The van der Waals surface area contributed by atoms with Gasteiger partial charge in [-0.05, 0) is 43.7 Å². The number of aryl methyl sites for hydroxylation is 1. The molecule has 128 valence electrons. The molecule has 0 fully saturated rings. The normalized spacial score (nSPS) is 12.0. The fourth-order valence-electron chi connectivity index (χ4n) is 2.58. The second-order valence-electron chi connectivity index (χ2n) is 5.91. The molecule has 0 spiro atoms. The summed E-state index contributed by atoms with van der Waals surface area (Å²) in [6.45, 7) is 3.70. The predicted molar refractivity (Wildman–Crippen MR) is 93.7 cm³/mol. The number of rotatable bonds is 4. The number of aromatic amines is 1. The predicted octanol–water partition coefficient (Wildman–Crippen LogP) is 2.10. The van der Waals surface area contributed by atoms with Crippen LogP contribution in [0.1, 0.15) is 34.6 Å². The van der Waals surface area contributed by atoms with Crippen molar-refractivity contribution in [3.05, 3.63) is 76.2 Å². The minimum atomic E-state index is -0.370. The molecule has 7 heteroatoms. The quantitative estimate of drug-likeness (QED) is 0.790. The van der Waals surface area contributed by atoms with Crippen LogP contribution in [-0.2, 0) is 0 Å². The Labute approximate surface area is 144 Å². The number of nitrogens with zero attached hydrogens (tertiary/aromatic N) is 4. The van der Waals surface area contributed by atoms with Gasteiger partial charge in [-0.25, -0.2) is 9.67 Å². The summed E-state index contributed by atoms with van der Waals surface area (Å²) in [4.78, 5) is 32.8. The summed E-state index contributed by atoms with van der Waals surface area (Å²) in [6.07, 6.45) is 3.10. The number of aromatic nitrogens is 4. The summed E-state index contributed by atoms with van der Waals surface area (Å²) in [5, 5.41) is 4.08. The zero-order chi connectivity index (χ0) is 18.0. The minimum absolute atomic E-state index is 0.138. The lowest BCUT2D eigenvalue weighted by Gasteiger charge is -2.25. The van der Waals surface area contributed by atoms with Crippen LogP contribution < -0.4 is 5.56 Å². The van der Waals surface area contributed by atoms with E-state index in [1.54, 1.807) is 42.0 Å². The number of H-pyrrole nitrogens is 1. The summed E-state index contributed by atoms with van der Waals surface area (Å²) in [6, 6.07) is 10.8. The Morgan fingerprint density at radius 1 is 1.20 bits per heavy atom. The second kappa shape index (κ2) is 6.72. The molecule has 0 aliphatic carbocycles. The largest absolute Gasteiger partial charge is 0.335 e. The van der Waals surface area contributed by atoms with E-state index in [4.69, 9.17) is 0 Å². The number of benzene rings is 1. The first kappa shape index (κ1) is 16.6. The van der Waals surface area contributed by atoms with Crippen molar-refractivity contribution in [3.63, 3.8) is 0 Å². The highest BCUT2D eigenvalue weighted by Gasteiger charge is 2.21. The highest BCUT2D eigenvalue weighted by molar-refractivity contribution is 5.93. The highest BCUT2D eigenvalue weighted by atomic mass is 16.2. The molecule has 0 aliphatic heterocycles. The SMILES string of the molecule is Cc1ccc(C(=O)N(C)[C@H](C)c2ccc(-n3cncn3)cc2)c(=O)[nH]1. The smallest absolute Gasteiger partial charge is 0.260 e. The fourth-order valence-corrected chi connectivity index (χ4v) is 2.58. The van der Waals surface area contributed by atoms with E-state index < -0.39 is 0 Å². The van der Waals surface area contributed by atoms with Gasteiger partial charge in [0.25, 0.3) is 11.5 Å². The van der Waals surface area contributed by atoms with Crippen LogP contribution in [0.25, 0.3) is 5.69 Å². The molecule has 7 nitrogen and oxygen atoms in total. The molecule has 1 N–H and O–H groups in total. The number of carbonyl (C=O) groups excluding carboxylic acids is 1. The van der Waals surface area contributed by atoms with Gasteiger partial charge in [0.2, 0.25) is 0 Å². The molecule has 3 rings (SSSR count). The van der Waals surface area contributed by atoms with E-state index in [9.17, 15) is 9.59 Å². The van der Waals surface area contributed by atoms with E-state index in [0.717, 1.165) is 16.9 Å². The van der Waals surface area contributed by atoms with Crippen molar-refractivity contribution in [2.24, 2.45) is 0 Å². The molecule has 1 atom stereocenters. The fraction of sp³-hybridized carbons (Fsp3) is 0.222. The third kappa shape index (κ3) is 3.35. The highest BCUT2D eigenvalue weighted by Crippen LogP contribution is 2.21. The lowest BCUT2D eigenvalue weighted by atomic mass is 10.1. The van der Waals surface area contributed by atoms with Gasteiger partial charge in [0, 0.05) is 12.7 Å². The Morgan fingerprint density at radius 2 is 1.92 bits per heavy atom. The van der Waals surface area contributed by atoms with Crippen LogP contribution in [0.15, 0.2) is 53.8 Å². The van der Waals surface area contributed by atoms with Gasteiger partial charge in [0.1, 0.15) is 18.2 Å². The molecule has 2 aromatic heterocycles. The summed E-state index contributed by atoms with van der Waals surface area (Å²) < 4.78 is 1.66. The molecular formula is C18H19N5O2. The van der Waals surface area contributed by atoms with Crippen LogP contribution in [0.2, 0.25) is 0 Å². The van der Waals surface area contributed by atoms with Crippen LogP contribution in [0, 0.1) is 6.92 Å². The zero-order valence-corrected chi connectivity index (χ0v) is 14.3. The molecular weight excluding hydrogens is 318 g/mol. The molecule has 3 aromatic rings. The van der Waals surface area contributed by atoms with Crippen LogP contribution >= 0.6 is 0 Å². The van der Waals surface area contributed by atoms with Gasteiger partial charge in [-0.15, -0.1) is 0 Å². The Morgan fingerprint density at radius 3 is 2.52 bits per heavy atom. The lowest BCUT2D eigenvalue weighted by molar-refractivity contribution is 0.0741. The van der Waals surface area contributed by atoms with Crippen molar-refractivity contribution in [2.45, 2.75) is 19.9 Å². The van der Waals surface area contributed by atoms with Crippen LogP contribution in [0.3, 0.4) is 0 Å². The molecule has 0 unspecified atom stereocenters. The van der Waals surface area contributed by atoms with Gasteiger partial charge in [-0.2, -0.15) is 5.10 Å². The summed E-state index contributed by atoms with van der Waals surface area (Å²) in [7, 11) is 1.69. The maximum absolute atomic E-state index is 12.6. The van der Waals surface area contributed by atoms with Crippen molar-refractivity contribution in [1.82, 2.24) is 24.6 Å². The molecule has 25 heavy (non-hydrogen) atoms. The maximum Gasteiger partial charge on any atom is 0.260 e. The van der Waals surface area contributed by atoms with Crippen LogP contribution in [-0.4, -0.2) is 37.6 Å². The van der Waals surface area contributed by atoms with Crippen LogP contribution in [0.5, 0.6) is 0 Å². The maximum atomic E-state index is 12.6. The van der Waals surface area contributed by atoms with Gasteiger partial charge < -0.3 is 9.88 Å². The number of pyridine rings is 1.